The van der Waals surface area contributed by atoms with Gasteiger partial charge in [0.2, 0.25) is 0 Å². The fourth-order valence-electron chi connectivity index (χ4n) is 2.70. The van der Waals surface area contributed by atoms with E-state index in [0.29, 0.717) is 11.5 Å². The van der Waals surface area contributed by atoms with Gasteiger partial charge in [-0.25, -0.2) is 0 Å². The van der Waals surface area contributed by atoms with Crippen LogP contribution in [0.5, 0.6) is 0 Å². The first-order valence-corrected chi connectivity index (χ1v) is 8.01. The largest absolute Gasteiger partial charge is 0.362 e. The van der Waals surface area contributed by atoms with Crippen LogP contribution >= 0.6 is 11.8 Å². The molecule has 2 unspecified atom stereocenters. The Morgan fingerprint density at radius 2 is 2.24 bits per heavy atom. The first kappa shape index (κ1) is 13.3. The minimum atomic E-state index is 0.383. The van der Waals surface area contributed by atoms with E-state index in [1.54, 1.807) is 0 Å². The summed E-state index contributed by atoms with van der Waals surface area (Å²) in [4.78, 5) is 4.70. The fourth-order valence-corrected chi connectivity index (χ4v) is 3.72. The molecule has 2 rings (SSSR count). The molecular weight excluding hydrogens is 228 g/mol. The number of hydrogen-bond acceptors (Lipinski definition) is 3. The SMILES string of the molecule is CCC1CCCC(NC2=NCC(C)(C)CS2)C1. The molecule has 0 amide bonds. The molecule has 0 saturated heterocycles. The summed E-state index contributed by atoms with van der Waals surface area (Å²) in [7, 11) is 0. The predicted molar refractivity (Wildman–Crippen MR) is 77.7 cm³/mol. The van der Waals surface area contributed by atoms with Gasteiger partial charge in [0.25, 0.3) is 0 Å². The Hall–Kier alpha value is -0.180. The summed E-state index contributed by atoms with van der Waals surface area (Å²) in [5.74, 6) is 2.13. The molecule has 1 N–H and O–H groups in total. The third-order valence-electron chi connectivity index (χ3n) is 3.94. The number of nitrogens with zero attached hydrogens (tertiary/aromatic N) is 1. The Morgan fingerprint density at radius 3 is 2.88 bits per heavy atom. The maximum absolute atomic E-state index is 4.70. The van der Waals surface area contributed by atoms with Crippen LogP contribution in [0.3, 0.4) is 0 Å². The van der Waals surface area contributed by atoms with E-state index in [1.807, 2.05) is 11.8 Å². The molecule has 0 aromatic rings. The predicted octanol–water partition coefficient (Wildman–Crippen LogP) is 3.67. The maximum Gasteiger partial charge on any atom is 0.156 e. The van der Waals surface area contributed by atoms with Crippen LogP contribution in [-0.4, -0.2) is 23.5 Å². The van der Waals surface area contributed by atoms with Crippen molar-refractivity contribution in [1.29, 1.82) is 0 Å². The number of nitrogens with one attached hydrogen (secondary N) is 1. The smallest absolute Gasteiger partial charge is 0.156 e. The van der Waals surface area contributed by atoms with Crippen LogP contribution in [0.1, 0.15) is 52.9 Å². The van der Waals surface area contributed by atoms with Gasteiger partial charge in [-0.2, -0.15) is 0 Å². The molecule has 1 heterocycles. The topological polar surface area (TPSA) is 24.4 Å². The van der Waals surface area contributed by atoms with E-state index >= 15 is 0 Å². The van der Waals surface area contributed by atoms with Crippen LogP contribution in [0.2, 0.25) is 0 Å². The van der Waals surface area contributed by atoms with Crippen LogP contribution in [0.25, 0.3) is 0 Å². The van der Waals surface area contributed by atoms with Crippen molar-refractivity contribution in [3.8, 4) is 0 Å². The van der Waals surface area contributed by atoms with Crippen molar-refractivity contribution in [2.75, 3.05) is 12.3 Å². The van der Waals surface area contributed by atoms with E-state index in [-0.39, 0.29) is 0 Å². The molecule has 0 spiro atoms. The molecule has 0 radical (unpaired) electrons. The monoisotopic (exact) mass is 254 g/mol. The maximum atomic E-state index is 4.70. The molecule has 17 heavy (non-hydrogen) atoms. The highest BCUT2D eigenvalue weighted by atomic mass is 32.2. The van der Waals surface area contributed by atoms with E-state index in [4.69, 9.17) is 4.99 Å². The summed E-state index contributed by atoms with van der Waals surface area (Å²) >= 11 is 1.91. The lowest BCUT2D eigenvalue weighted by Gasteiger charge is -2.33. The molecule has 2 aliphatic rings. The molecule has 1 saturated carbocycles. The van der Waals surface area contributed by atoms with Crippen LogP contribution in [0.4, 0.5) is 0 Å². The molecular formula is C14H26N2S. The highest BCUT2D eigenvalue weighted by molar-refractivity contribution is 8.13. The Labute approximate surface area is 110 Å². The third-order valence-corrected chi connectivity index (χ3v) is 5.38. The van der Waals surface area contributed by atoms with E-state index in [1.165, 1.54) is 43.0 Å². The molecule has 1 fully saturated rings. The van der Waals surface area contributed by atoms with Gasteiger partial charge in [-0.1, -0.05) is 51.8 Å². The zero-order valence-corrected chi connectivity index (χ0v) is 12.3. The quantitative estimate of drug-likeness (QED) is 0.813. The normalized spacial score (nSPS) is 33.0. The summed E-state index contributed by atoms with van der Waals surface area (Å²) in [5, 5.41) is 4.87. The lowest BCUT2D eigenvalue weighted by molar-refractivity contribution is 0.300. The molecule has 98 valence electrons. The number of thioether (sulfide) groups is 1. The summed E-state index contributed by atoms with van der Waals surface area (Å²) in [6.07, 6.45) is 6.84. The molecule has 0 aromatic carbocycles. The molecule has 1 aliphatic carbocycles. The number of aliphatic imine (C=N–C) groups is 1. The van der Waals surface area contributed by atoms with Crippen LogP contribution in [0, 0.1) is 11.3 Å². The molecule has 3 heteroatoms. The van der Waals surface area contributed by atoms with Crippen molar-refractivity contribution in [3.63, 3.8) is 0 Å². The molecule has 1 aliphatic heterocycles. The first-order valence-electron chi connectivity index (χ1n) is 7.03. The van der Waals surface area contributed by atoms with Gasteiger partial charge in [0.1, 0.15) is 0 Å². The van der Waals surface area contributed by atoms with Gasteiger partial charge in [-0.3, -0.25) is 4.99 Å². The zero-order valence-electron chi connectivity index (χ0n) is 11.5. The number of hydrogen-bond donors (Lipinski definition) is 1. The minimum Gasteiger partial charge on any atom is -0.362 e. The van der Waals surface area contributed by atoms with Gasteiger partial charge in [-0.15, -0.1) is 0 Å². The highest BCUT2D eigenvalue weighted by Gasteiger charge is 2.26. The van der Waals surface area contributed by atoms with E-state index < -0.39 is 0 Å². The average Bonchev–Trinajstić information content (AvgIpc) is 2.32. The van der Waals surface area contributed by atoms with Crippen molar-refractivity contribution in [3.05, 3.63) is 0 Å². The Morgan fingerprint density at radius 1 is 1.41 bits per heavy atom. The van der Waals surface area contributed by atoms with Gasteiger partial charge in [0.05, 0.1) is 0 Å². The first-order chi connectivity index (χ1) is 8.09. The lowest BCUT2D eigenvalue weighted by atomic mass is 9.84. The summed E-state index contributed by atoms with van der Waals surface area (Å²) in [6, 6.07) is 0.682. The van der Waals surface area contributed by atoms with Crippen molar-refractivity contribution < 1.29 is 0 Å². The van der Waals surface area contributed by atoms with Gasteiger partial charge in [0, 0.05) is 18.3 Å². The molecule has 0 aromatic heterocycles. The molecule has 0 bridgehead atoms. The van der Waals surface area contributed by atoms with Gasteiger partial charge < -0.3 is 5.32 Å². The highest BCUT2D eigenvalue weighted by Crippen LogP contribution is 2.30. The number of amidine groups is 1. The summed E-state index contributed by atoms with van der Waals surface area (Å²) < 4.78 is 0. The minimum absolute atomic E-state index is 0.383. The van der Waals surface area contributed by atoms with Gasteiger partial charge in [-0.05, 0) is 24.2 Å². The average molecular weight is 254 g/mol. The van der Waals surface area contributed by atoms with E-state index in [2.05, 4.69) is 26.1 Å². The van der Waals surface area contributed by atoms with Crippen LogP contribution < -0.4 is 5.32 Å². The van der Waals surface area contributed by atoms with Crippen molar-refractivity contribution in [2.45, 2.75) is 58.9 Å². The fraction of sp³-hybridized carbons (Fsp3) is 0.929. The van der Waals surface area contributed by atoms with E-state index in [0.717, 1.165) is 12.5 Å². The third kappa shape index (κ3) is 3.90. The standard InChI is InChI=1S/C14H26N2S/c1-4-11-6-5-7-12(8-11)16-13-15-9-14(2,3)10-17-13/h11-12H,4-10H2,1-3H3,(H,15,16). The second-order valence-corrected chi connectivity index (χ2v) is 7.32. The summed E-state index contributed by atoms with van der Waals surface area (Å²) in [6.45, 7) is 7.90. The molecule has 2 atom stereocenters. The van der Waals surface area contributed by atoms with Crippen molar-refractivity contribution in [1.82, 2.24) is 5.32 Å². The van der Waals surface area contributed by atoms with Crippen molar-refractivity contribution >= 4 is 16.9 Å². The number of rotatable bonds is 2. The molecule has 2 nitrogen and oxygen atoms in total. The van der Waals surface area contributed by atoms with Crippen molar-refractivity contribution in [2.24, 2.45) is 16.3 Å². The lowest BCUT2D eigenvalue weighted by Crippen LogP contribution is -2.40. The van der Waals surface area contributed by atoms with Crippen LogP contribution in [-0.2, 0) is 0 Å². The second-order valence-electron chi connectivity index (χ2n) is 6.36. The Balaban J connectivity index is 1.83. The second kappa shape index (κ2) is 5.64. The Bertz CT molecular complexity index is 286. The van der Waals surface area contributed by atoms with Crippen LogP contribution in [0.15, 0.2) is 4.99 Å². The Kier molecular flexibility index (Phi) is 4.40. The zero-order chi connectivity index (χ0) is 12.3. The van der Waals surface area contributed by atoms with Gasteiger partial charge in [0.15, 0.2) is 5.17 Å². The van der Waals surface area contributed by atoms with Gasteiger partial charge >= 0.3 is 0 Å². The van der Waals surface area contributed by atoms with E-state index in [9.17, 15) is 0 Å². The summed E-state index contributed by atoms with van der Waals surface area (Å²) in [5.41, 5.74) is 0.383.